The predicted molar refractivity (Wildman–Crippen MR) is 99.9 cm³/mol. The second-order valence-electron chi connectivity index (χ2n) is 8.19. The highest BCUT2D eigenvalue weighted by Gasteiger charge is 2.57. The number of rotatable bonds is 5. The second-order valence-corrected chi connectivity index (χ2v) is 8.19. The average molecular weight is 372 g/mol. The van der Waals surface area contributed by atoms with Gasteiger partial charge in [0.15, 0.2) is 0 Å². The fraction of sp³-hybridized carbons (Fsp3) is 0.591. The van der Waals surface area contributed by atoms with E-state index >= 15 is 0 Å². The van der Waals surface area contributed by atoms with E-state index in [1.54, 1.807) is 13.8 Å². The van der Waals surface area contributed by atoms with Gasteiger partial charge in [0.25, 0.3) is 0 Å². The molecule has 1 N–H and O–H groups in total. The van der Waals surface area contributed by atoms with Gasteiger partial charge in [-0.05, 0) is 49.5 Å². The van der Waals surface area contributed by atoms with Crippen molar-refractivity contribution in [3.8, 4) is 0 Å². The number of carbonyl (C=O) groups excluding carboxylic acids is 3. The van der Waals surface area contributed by atoms with Crippen LogP contribution in [0.25, 0.3) is 0 Å². The first-order chi connectivity index (χ1) is 13.0. The Hall–Kier alpha value is -2.01. The average Bonchev–Trinajstić information content (AvgIpc) is 2.70. The van der Waals surface area contributed by atoms with Gasteiger partial charge in [-0.1, -0.05) is 37.3 Å². The Morgan fingerprint density at radius 2 is 1.96 bits per heavy atom. The van der Waals surface area contributed by atoms with Crippen molar-refractivity contribution in [3.63, 3.8) is 0 Å². The van der Waals surface area contributed by atoms with Crippen LogP contribution in [0.2, 0.25) is 0 Å². The zero-order valence-corrected chi connectivity index (χ0v) is 15.9. The van der Waals surface area contributed by atoms with E-state index in [1.807, 2.05) is 30.3 Å². The Labute approximate surface area is 160 Å². The number of ether oxygens (including phenoxy) is 1. The monoisotopic (exact) mass is 372 g/mol. The van der Waals surface area contributed by atoms with Crippen LogP contribution in [0.1, 0.15) is 44.6 Å². The molecule has 1 aromatic carbocycles. The molecule has 2 aliphatic rings. The summed E-state index contributed by atoms with van der Waals surface area (Å²) in [6.07, 6.45) is 2.46. The van der Waals surface area contributed by atoms with E-state index in [9.17, 15) is 19.5 Å². The Bertz CT molecular complexity index is 687. The van der Waals surface area contributed by atoms with Crippen molar-refractivity contribution in [1.29, 1.82) is 0 Å². The van der Waals surface area contributed by atoms with Gasteiger partial charge in [0, 0.05) is 5.92 Å². The summed E-state index contributed by atoms with van der Waals surface area (Å²) in [7, 11) is 0. The van der Waals surface area contributed by atoms with Gasteiger partial charge in [-0.25, -0.2) is 0 Å². The predicted octanol–water partition coefficient (Wildman–Crippen LogP) is 2.76. The lowest BCUT2D eigenvalue weighted by molar-refractivity contribution is -0.170. The molecular formula is C22H28O5. The molecule has 0 saturated heterocycles. The van der Waals surface area contributed by atoms with Gasteiger partial charge in [0.2, 0.25) is 0 Å². The molecule has 7 atom stereocenters. The summed E-state index contributed by atoms with van der Waals surface area (Å²) in [5, 5.41) is 11.2. The van der Waals surface area contributed by atoms with Crippen molar-refractivity contribution in [2.75, 3.05) is 6.61 Å². The summed E-state index contributed by atoms with van der Waals surface area (Å²) in [5.74, 6) is -1.63. The lowest BCUT2D eigenvalue weighted by Gasteiger charge is -2.54. The summed E-state index contributed by atoms with van der Waals surface area (Å²) in [6, 6.07) is 9.66. The Kier molecular flexibility index (Phi) is 5.80. The molecule has 146 valence electrons. The van der Waals surface area contributed by atoms with Gasteiger partial charge in [-0.15, -0.1) is 0 Å². The molecule has 2 fully saturated rings. The molecule has 1 aromatic rings. The van der Waals surface area contributed by atoms with Crippen molar-refractivity contribution in [1.82, 2.24) is 0 Å². The first-order valence-corrected chi connectivity index (χ1v) is 9.78. The van der Waals surface area contributed by atoms with E-state index in [2.05, 4.69) is 0 Å². The standard InChI is InChI=1S/C22H28O5/c1-3-27-21(26)17-11-22(2,13-24)20(25)19-16(17)10-9-15(12-23)18(19)14-7-5-4-6-8-14/h4-8,12-13,15-20,25H,3,9-11H2,1-2H3/t15-,16-,17-,18-,19-,20+,22-/m0/s1. The molecule has 0 aromatic heterocycles. The highest BCUT2D eigenvalue weighted by atomic mass is 16.5. The summed E-state index contributed by atoms with van der Waals surface area (Å²) >= 11 is 0. The molecule has 2 aliphatic carbocycles. The lowest BCUT2D eigenvalue weighted by Crippen LogP contribution is -2.57. The molecule has 2 saturated carbocycles. The van der Waals surface area contributed by atoms with E-state index < -0.39 is 17.4 Å². The van der Waals surface area contributed by atoms with E-state index in [1.165, 1.54) is 0 Å². The van der Waals surface area contributed by atoms with Crippen LogP contribution >= 0.6 is 0 Å². The highest BCUT2D eigenvalue weighted by molar-refractivity contribution is 5.75. The minimum atomic E-state index is -1.03. The van der Waals surface area contributed by atoms with Gasteiger partial charge in [0.1, 0.15) is 12.6 Å². The van der Waals surface area contributed by atoms with Crippen LogP contribution in [0.15, 0.2) is 30.3 Å². The summed E-state index contributed by atoms with van der Waals surface area (Å²) in [4.78, 5) is 36.4. The molecule has 3 rings (SSSR count). The number of fused-ring (bicyclic) bond motifs is 1. The number of hydrogen-bond donors (Lipinski definition) is 1. The number of aliphatic hydroxyl groups excluding tert-OH is 1. The number of aliphatic hydroxyl groups is 1. The largest absolute Gasteiger partial charge is 0.466 e. The molecule has 0 bridgehead atoms. The molecule has 0 aliphatic heterocycles. The Morgan fingerprint density at radius 1 is 1.26 bits per heavy atom. The van der Waals surface area contributed by atoms with Crippen molar-refractivity contribution in [3.05, 3.63) is 35.9 Å². The lowest BCUT2D eigenvalue weighted by atomic mass is 9.51. The normalized spacial score (nSPS) is 38.5. The number of aldehydes is 2. The Balaban J connectivity index is 2.07. The van der Waals surface area contributed by atoms with E-state index in [4.69, 9.17) is 4.74 Å². The molecule has 0 radical (unpaired) electrons. The third-order valence-corrected chi connectivity index (χ3v) is 6.64. The molecule has 0 heterocycles. The SMILES string of the molecule is CCOC(=O)[C@H]1C[C@@](C)(C=O)[C@H](O)[C@H]2[C@H]1CC[C@@H](C=O)[C@@H]2c1ccccc1. The quantitative estimate of drug-likeness (QED) is 0.635. The van der Waals surface area contributed by atoms with E-state index in [-0.39, 0.29) is 42.7 Å². The third-order valence-electron chi connectivity index (χ3n) is 6.64. The molecule has 0 unspecified atom stereocenters. The fourth-order valence-corrected chi connectivity index (χ4v) is 5.32. The number of esters is 1. The van der Waals surface area contributed by atoms with Crippen molar-refractivity contribution in [2.45, 2.75) is 45.1 Å². The zero-order valence-electron chi connectivity index (χ0n) is 15.9. The molecule has 5 nitrogen and oxygen atoms in total. The second kappa shape index (κ2) is 7.93. The maximum Gasteiger partial charge on any atom is 0.309 e. The fourth-order valence-electron chi connectivity index (χ4n) is 5.32. The Morgan fingerprint density at radius 3 is 2.56 bits per heavy atom. The van der Waals surface area contributed by atoms with Crippen molar-refractivity contribution >= 4 is 18.5 Å². The van der Waals surface area contributed by atoms with E-state index in [0.717, 1.165) is 18.1 Å². The third kappa shape index (κ3) is 3.45. The smallest absolute Gasteiger partial charge is 0.309 e. The van der Waals surface area contributed by atoms with Crippen molar-refractivity contribution < 1.29 is 24.2 Å². The summed E-state index contributed by atoms with van der Waals surface area (Å²) in [5.41, 5.74) is -0.0581. The zero-order chi connectivity index (χ0) is 19.6. The number of benzene rings is 1. The van der Waals surface area contributed by atoms with Crippen LogP contribution in [0.5, 0.6) is 0 Å². The molecule has 0 amide bonds. The highest BCUT2D eigenvalue weighted by Crippen LogP contribution is 2.56. The first kappa shape index (κ1) is 19.7. The molecule has 27 heavy (non-hydrogen) atoms. The van der Waals surface area contributed by atoms with Crippen LogP contribution < -0.4 is 0 Å². The maximum atomic E-state index is 12.7. The van der Waals surface area contributed by atoms with E-state index in [0.29, 0.717) is 12.8 Å². The summed E-state index contributed by atoms with van der Waals surface area (Å²) < 4.78 is 5.29. The summed E-state index contributed by atoms with van der Waals surface area (Å²) in [6.45, 7) is 3.76. The van der Waals surface area contributed by atoms with Crippen LogP contribution in [-0.4, -0.2) is 36.4 Å². The number of carbonyl (C=O) groups is 3. The van der Waals surface area contributed by atoms with Crippen molar-refractivity contribution in [2.24, 2.45) is 29.1 Å². The van der Waals surface area contributed by atoms with Crippen LogP contribution in [0.3, 0.4) is 0 Å². The van der Waals surface area contributed by atoms with Gasteiger partial charge in [-0.3, -0.25) is 4.79 Å². The van der Waals surface area contributed by atoms with Crippen LogP contribution in [0.4, 0.5) is 0 Å². The molecule has 5 heteroatoms. The van der Waals surface area contributed by atoms with Gasteiger partial charge in [-0.2, -0.15) is 0 Å². The minimum absolute atomic E-state index is 0.103. The van der Waals surface area contributed by atoms with Crippen LogP contribution in [-0.2, 0) is 19.1 Å². The first-order valence-electron chi connectivity index (χ1n) is 9.78. The molecular weight excluding hydrogens is 344 g/mol. The maximum absolute atomic E-state index is 12.7. The molecule has 0 spiro atoms. The van der Waals surface area contributed by atoms with Gasteiger partial charge < -0.3 is 19.4 Å². The van der Waals surface area contributed by atoms with Gasteiger partial charge in [0.05, 0.1) is 24.0 Å². The van der Waals surface area contributed by atoms with Gasteiger partial charge >= 0.3 is 5.97 Å². The topological polar surface area (TPSA) is 80.7 Å². The number of hydrogen-bond acceptors (Lipinski definition) is 5. The minimum Gasteiger partial charge on any atom is -0.466 e. The van der Waals surface area contributed by atoms with Crippen LogP contribution in [0, 0.1) is 29.1 Å².